The lowest BCUT2D eigenvalue weighted by Gasteiger charge is -2.23. The number of nitrogens with one attached hydrogen (secondary N) is 1. The van der Waals surface area contributed by atoms with E-state index in [2.05, 4.69) is 17.1 Å². The average molecular weight is 514 g/mol. The van der Waals surface area contributed by atoms with Gasteiger partial charge < -0.3 is 9.47 Å². The Morgan fingerprint density at radius 2 is 1.80 bits per heavy atom. The zero-order chi connectivity index (χ0) is 25.3. The molecule has 10 heteroatoms. The molecule has 35 heavy (non-hydrogen) atoms. The molecule has 0 saturated carbocycles. The van der Waals surface area contributed by atoms with E-state index in [0.29, 0.717) is 34.4 Å². The summed E-state index contributed by atoms with van der Waals surface area (Å²) < 4.78 is 38.4. The second kappa shape index (κ2) is 12.0. The van der Waals surface area contributed by atoms with Gasteiger partial charge >= 0.3 is 0 Å². The SMILES string of the molecule is C=CCOc1ccc(/C=N\NC(=O)CN(c2ccccc2)S(=O)(=O)c2ccc(Cl)cc2)cc1OC. The van der Waals surface area contributed by atoms with Gasteiger partial charge in [-0.3, -0.25) is 9.10 Å². The lowest BCUT2D eigenvalue weighted by atomic mass is 10.2. The number of ether oxygens (including phenoxy) is 2. The predicted octanol–water partition coefficient (Wildman–Crippen LogP) is 4.26. The maximum atomic E-state index is 13.3. The highest BCUT2D eigenvalue weighted by atomic mass is 35.5. The van der Waals surface area contributed by atoms with Crippen LogP contribution in [0.3, 0.4) is 0 Å². The van der Waals surface area contributed by atoms with Crippen LogP contribution < -0.4 is 19.2 Å². The summed E-state index contributed by atoms with van der Waals surface area (Å²) in [6.45, 7) is 3.46. The Morgan fingerprint density at radius 3 is 2.46 bits per heavy atom. The van der Waals surface area contributed by atoms with Crippen molar-refractivity contribution in [1.29, 1.82) is 0 Å². The fourth-order valence-corrected chi connectivity index (χ4v) is 4.57. The topological polar surface area (TPSA) is 97.3 Å². The molecule has 0 aliphatic heterocycles. The highest BCUT2D eigenvalue weighted by molar-refractivity contribution is 7.92. The molecule has 1 amide bonds. The van der Waals surface area contributed by atoms with E-state index in [9.17, 15) is 13.2 Å². The summed E-state index contributed by atoms with van der Waals surface area (Å²) >= 11 is 5.89. The minimum atomic E-state index is -4.04. The minimum absolute atomic E-state index is 0.00733. The number of hydrogen-bond acceptors (Lipinski definition) is 6. The number of amides is 1. The largest absolute Gasteiger partial charge is 0.493 e. The van der Waals surface area contributed by atoms with Crippen molar-refractivity contribution in [2.45, 2.75) is 4.90 Å². The number of methoxy groups -OCH3 is 1. The van der Waals surface area contributed by atoms with Crippen LogP contribution in [0.15, 0.2) is 95.4 Å². The van der Waals surface area contributed by atoms with Gasteiger partial charge in [-0.15, -0.1) is 0 Å². The van der Waals surface area contributed by atoms with Gasteiger partial charge in [-0.2, -0.15) is 5.10 Å². The van der Waals surface area contributed by atoms with E-state index >= 15 is 0 Å². The first-order valence-electron chi connectivity index (χ1n) is 10.4. The molecule has 0 bridgehead atoms. The van der Waals surface area contributed by atoms with Crippen molar-refractivity contribution < 1.29 is 22.7 Å². The van der Waals surface area contributed by atoms with E-state index in [1.54, 1.807) is 54.6 Å². The molecule has 0 atom stereocenters. The summed E-state index contributed by atoms with van der Waals surface area (Å²) in [4.78, 5) is 12.6. The molecule has 0 fully saturated rings. The van der Waals surface area contributed by atoms with Gasteiger partial charge in [0.25, 0.3) is 15.9 Å². The first-order valence-corrected chi connectivity index (χ1v) is 12.2. The number of carbonyl (C=O) groups excluding carboxylic acids is 1. The fraction of sp³-hybridized carbons (Fsp3) is 0.120. The average Bonchev–Trinajstić information content (AvgIpc) is 2.87. The van der Waals surface area contributed by atoms with Crippen LogP contribution in [-0.2, 0) is 14.8 Å². The number of nitrogens with zero attached hydrogens (tertiary/aromatic N) is 2. The number of halogens is 1. The zero-order valence-electron chi connectivity index (χ0n) is 18.9. The van der Waals surface area contributed by atoms with Gasteiger partial charge in [0.2, 0.25) is 0 Å². The summed E-state index contributed by atoms with van der Waals surface area (Å²) in [6.07, 6.45) is 3.04. The summed E-state index contributed by atoms with van der Waals surface area (Å²) in [7, 11) is -2.53. The van der Waals surface area contributed by atoms with Crippen molar-refractivity contribution in [3.8, 4) is 11.5 Å². The minimum Gasteiger partial charge on any atom is -0.493 e. The molecule has 8 nitrogen and oxygen atoms in total. The maximum absolute atomic E-state index is 13.3. The van der Waals surface area contributed by atoms with Crippen molar-refractivity contribution in [1.82, 2.24) is 5.43 Å². The fourth-order valence-electron chi connectivity index (χ4n) is 3.02. The Bertz CT molecular complexity index is 1300. The van der Waals surface area contributed by atoms with Crippen LogP contribution in [0.5, 0.6) is 11.5 Å². The predicted molar refractivity (Wildman–Crippen MR) is 137 cm³/mol. The standard InChI is InChI=1S/C25H24ClN3O5S/c1-3-15-34-23-14-9-19(16-24(23)33-2)17-27-28-25(30)18-29(21-7-5-4-6-8-21)35(31,32)22-12-10-20(26)11-13-22/h3-14,16-17H,1,15,18H2,2H3,(H,28,30)/b27-17-. The van der Waals surface area contributed by atoms with Crippen LogP contribution in [0.2, 0.25) is 5.02 Å². The van der Waals surface area contributed by atoms with Gasteiger partial charge in [-0.05, 0) is 60.2 Å². The van der Waals surface area contributed by atoms with Gasteiger partial charge in [0.05, 0.1) is 23.9 Å². The van der Waals surface area contributed by atoms with Crippen LogP contribution in [0.1, 0.15) is 5.56 Å². The molecule has 3 aromatic rings. The van der Waals surface area contributed by atoms with E-state index in [0.717, 1.165) is 4.31 Å². The van der Waals surface area contributed by atoms with Gasteiger partial charge in [0, 0.05) is 5.02 Å². The van der Waals surface area contributed by atoms with Crippen molar-refractivity contribution in [3.63, 3.8) is 0 Å². The molecule has 0 aliphatic rings. The zero-order valence-corrected chi connectivity index (χ0v) is 20.5. The molecule has 0 aromatic heterocycles. The van der Waals surface area contributed by atoms with Gasteiger partial charge in [-0.1, -0.05) is 42.5 Å². The maximum Gasteiger partial charge on any atom is 0.264 e. The second-order valence-electron chi connectivity index (χ2n) is 7.10. The van der Waals surface area contributed by atoms with Crippen LogP contribution in [0.25, 0.3) is 0 Å². The normalized spacial score (nSPS) is 11.1. The lowest BCUT2D eigenvalue weighted by Crippen LogP contribution is -2.39. The number of rotatable bonds is 11. The number of sulfonamides is 1. The number of anilines is 1. The number of carbonyl (C=O) groups is 1. The Kier molecular flexibility index (Phi) is 8.88. The highest BCUT2D eigenvalue weighted by Crippen LogP contribution is 2.27. The lowest BCUT2D eigenvalue weighted by molar-refractivity contribution is -0.119. The number of benzene rings is 3. The van der Waals surface area contributed by atoms with E-state index < -0.39 is 22.5 Å². The van der Waals surface area contributed by atoms with E-state index in [4.69, 9.17) is 21.1 Å². The van der Waals surface area contributed by atoms with Crippen molar-refractivity contribution >= 4 is 39.4 Å². The smallest absolute Gasteiger partial charge is 0.264 e. The van der Waals surface area contributed by atoms with Crippen LogP contribution in [0.4, 0.5) is 5.69 Å². The van der Waals surface area contributed by atoms with E-state index in [-0.39, 0.29) is 4.90 Å². The summed E-state index contributed by atoms with van der Waals surface area (Å²) in [5.74, 6) is 0.409. The Morgan fingerprint density at radius 1 is 1.09 bits per heavy atom. The highest BCUT2D eigenvalue weighted by Gasteiger charge is 2.27. The number of hydrogen-bond donors (Lipinski definition) is 1. The van der Waals surface area contributed by atoms with E-state index in [1.165, 1.54) is 37.6 Å². The molecule has 3 rings (SSSR count). The van der Waals surface area contributed by atoms with Crippen LogP contribution in [0, 0.1) is 0 Å². The first kappa shape index (κ1) is 25.8. The molecule has 0 spiro atoms. The van der Waals surface area contributed by atoms with Gasteiger partial charge in [-0.25, -0.2) is 13.8 Å². The molecular formula is C25H24ClN3O5S. The first-order chi connectivity index (χ1) is 16.8. The molecule has 0 aliphatic carbocycles. The number of para-hydroxylation sites is 1. The van der Waals surface area contributed by atoms with Crippen molar-refractivity contribution in [3.05, 3.63) is 96.0 Å². The third kappa shape index (κ3) is 6.84. The van der Waals surface area contributed by atoms with Gasteiger partial charge in [0.15, 0.2) is 11.5 Å². The quantitative estimate of drug-likeness (QED) is 0.235. The Balaban J connectivity index is 1.76. The van der Waals surface area contributed by atoms with Crippen molar-refractivity contribution in [2.75, 3.05) is 24.6 Å². The molecule has 0 heterocycles. The molecule has 0 radical (unpaired) electrons. The molecular weight excluding hydrogens is 490 g/mol. The summed E-state index contributed by atoms with van der Waals surface area (Å²) in [5.41, 5.74) is 3.34. The van der Waals surface area contributed by atoms with Crippen molar-refractivity contribution in [2.24, 2.45) is 5.10 Å². The molecule has 182 valence electrons. The Labute approximate surface area is 209 Å². The summed E-state index contributed by atoms with van der Waals surface area (Å²) in [6, 6.07) is 19.2. The third-order valence-electron chi connectivity index (χ3n) is 4.68. The van der Waals surface area contributed by atoms with Crippen LogP contribution >= 0.6 is 11.6 Å². The second-order valence-corrected chi connectivity index (χ2v) is 9.40. The molecule has 3 aromatic carbocycles. The van der Waals surface area contributed by atoms with Gasteiger partial charge in [0.1, 0.15) is 13.2 Å². The molecule has 0 saturated heterocycles. The molecule has 0 unspecified atom stereocenters. The summed E-state index contributed by atoms with van der Waals surface area (Å²) in [5, 5.41) is 4.35. The van der Waals surface area contributed by atoms with E-state index in [1.807, 2.05) is 0 Å². The van der Waals surface area contributed by atoms with Crippen LogP contribution in [-0.4, -0.2) is 40.8 Å². The monoisotopic (exact) mass is 513 g/mol. The Hall–Kier alpha value is -3.82. The molecule has 1 N–H and O–H groups in total. The number of hydrazone groups is 1. The third-order valence-corrected chi connectivity index (χ3v) is 6.72.